The van der Waals surface area contributed by atoms with Crippen LogP contribution < -0.4 is 5.43 Å². The van der Waals surface area contributed by atoms with E-state index in [2.05, 4.69) is 41.7 Å². The maximum Gasteiger partial charge on any atom is 0.240 e. The molecule has 0 heterocycles. The Balaban J connectivity index is 1.84. The van der Waals surface area contributed by atoms with Crippen molar-refractivity contribution in [3.8, 4) is 0 Å². The Morgan fingerprint density at radius 1 is 0.957 bits per heavy atom. The minimum absolute atomic E-state index is 0.0594. The molecule has 2 aromatic rings. The molecule has 0 atom stereocenters. The van der Waals surface area contributed by atoms with Gasteiger partial charge in [-0.2, -0.15) is 5.10 Å². The second-order valence-corrected chi connectivity index (χ2v) is 5.66. The fraction of sp³-hybridized carbons (Fsp3) is 0.300. The number of carbonyl (C=O) groups excluding carboxylic acids is 1. The molecule has 1 amide bonds. The van der Waals surface area contributed by atoms with Crippen molar-refractivity contribution in [2.45, 2.75) is 39.5 Å². The van der Waals surface area contributed by atoms with Gasteiger partial charge in [-0.25, -0.2) is 5.43 Å². The zero-order chi connectivity index (χ0) is 16.5. The maximum atomic E-state index is 11.9. The highest BCUT2D eigenvalue weighted by atomic mass is 16.2. The zero-order valence-corrected chi connectivity index (χ0v) is 13.9. The van der Waals surface area contributed by atoms with Gasteiger partial charge in [0.25, 0.3) is 0 Å². The zero-order valence-electron chi connectivity index (χ0n) is 13.9. The molecule has 120 valence electrons. The van der Waals surface area contributed by atoms with Crippen LogP contribution in [-0.2, 0) is 17.6 Å². The Labute approximate surface area is 138 Å². The van der Waals surface area contributed by atoms with Crippen molar-refractivity contribution in [1.82, 2.24) is 5.43 Å². The minimum Gasteiger partial charge on any atom is -0.273 e. The lowest BCUT2D eigenvalue weighted by molar-refractivity contribution is -0.121. The van der Waals surface area contributed by atoms with Gasteiger partial charge in [0.2, 0.25) is 5.91 Å². The number of carbonyl (C=O) groups is 1. The molecule has 0 aliphatic rings. The number of hydrogen-bond donors (Lipinski definition) is 1. The maximum absolute atomic E-state index is 11.9. The van der Waals surface area contributed by atoms with Gasteiger partial charge in [-0.15, -0.1) is 0 Å². The van der Waals surface area contributed by atoms with Crippen LogP contribution in [0, 0.1) is 0 Å². The van der Waals surface area contributed by atoms with Crippen molar-refractivity contribution >= 4 is 11.6 Å². The molecule has 0 saturated carbocycles. The molecule has 3 heteroatoms. The van der Waals surface area contributed by atoms with Crippen molar-refractivity contribution in [3.05, 3.63) is 71.3 Å². The second kappa shape index (κ2) is 8.89. The quantitative estimate of drug-likeness (QED) is 0.607. The number of nitrogens with one attached hydrogen (secondary N) is 1. The Morgan fingerprint density at radius 3 is 2.26 bits per heavy atom. The van der Waals surface area contributed by atoms with Crippen molar-refractivity contribution in [1.29, 1.82) is 0 Å². The van der Waals surface area contributed by atoms with Gasteiger partial charge in [0.1, 0.15) is 0 Å². The third kappa shape index (κ3) is 5.70. The van der Waals surface area contributed by atoms with E-state index in [9.17, 15) is 4.79 Å². The normalized spacial score (nSPS) is 11.3. The summed E-state index contributed by atoms with van der Waals surface area (Å²) < 4.78 is 0. The summed E-state index contributed by atoms with van der Waals surface area (Å²) in [6.07, 6.45) is 3.40. The number of rotatable bonds is 7. The van der Waals surface area contributed by atoms with E-state index in [1.54, 1.807) is 0 Å². The first kappa shape index (κ1) is 16.9. The first-order chi connectivity index (χ1) is 11.2. The molecule has 3 nitrogen and oxygen atoms in total. The van der Waals surface area contributed by atoms with E-state index < -0.39 is 0 Å². The van der Waals surface area contributed by atoms with E-state index in [0.29, 0.717) is 6.42 Å². The number of benzene rings is 2. The van der Waals surface area contributed by atoms with Gasteiger partial charge in [0.15, 0.2) is 0 Å². The van der Waals surface area contributed by atoms with E-state index in [1.807, 2.05) is 37.3 Å². The Bertz CT molecular complexity index is 645. The van der Waals surface area contributed by atoms with Gasteiger partial charge in [-0.1, -0.05) is 67.9 Å². The van der Waals surface area contributed by atoms with Gasteiger partial charge in [-0.3, -0.25) is 4.79 Å². The molecule has 0 aliphatic heterocycles. The Hall–Kier alpha value is -2.42. The minimum atomic E-state index is -0.0594. The third-order valence-electron chi connectivity index (χ3n) is 3.74. The van der Waals surface area contributed by atoms with Crippen LogP contribution in [0.5, 0.6) is 0 Å². The van der Waals surface area contributed by atoms with Crippen molar-refractivity contribution in [3.63, 3.8) is 0 Å². The lowest BCUT2D eigenvalue weighted by atomic mass is 10.1. The van der Waals surface area contributed by atoms with Crippen LogP contribution in [0.3, 0.4) is 0 Å². The molecule has 0 spiro atoms. The second-order valence-electron chi connectivity index (χ2n) is 5.66. The molecule has 0 saturated heterocycles. The molecule has 0 unspecified atom stereocenters. The van der Waals surface area contributed by atoms with E-state index in [0.717, 1.165) is 36.1 Å². The molecule has 2 aromatic carbocycles. The van der Waals surface area contributed by atoms with E-state index in [4.69, 9.17) is 0 Å². The number of nitrogens with zero attached hydrogens (tertiary/aromatic N) is 1. The van der Waals surface area contributed by atoms with E-state index in [1.165, 1.54) is 5.56 Å². The summed E-state index contributed by atoms with van der Waals surface area (Å²) in [6.45, 7) is 4.08. The summed E-state index contributed by atoms with van der Waals surface area (Å²) in [4.78, 5) is 11.9. The molecule has 0 fully saturated rings. The van der Waals surface area contributed by atoms with Gasteiger partial charge in [0, 0.05) is 6.42 Å². The first-order valence-corrected chi connectivity index (χ1v) is 8.15. The summed E-state index contributed by atoms with van der Waals surface area (Å²) in [6, 6.07) is 18.3. The highest BCUT2D eigenvalue weighted by molar-refractivity contribution is 5.99. The average Bonchev–Trinajstić information content (AvgIpc) is 2.59. The van der Waals surface area contributed by atoms with Crippen LogP contribution in [0.25, 0.3) is 0 Å². The van der Waals surface area contributed by atoms with Crippen LogP contribution >= 0.6 is 0 Å². The molecule has 23 heavy (non-hydrogen) atoms. The predicted octanol–water partition coefficient (Wildman–Crippen LogP) is 4.11. The first-order valence-electron chi connectivity index (χ1n) is 8.15. The molecular formula is C20H24N2O. The van der Waals surface area contributed by atoms with E-state index >= 15 is 0 Å². The fourth-order valence-electron chi connectivity index (χ4n) is 2.37. The van der Waals surface area contributed by atoms with Gasteiger partial charge in [-0.05, 0) is 36.5 Å². The Morgan fingerprint density at radius 2 is 1.61 bits per heavy atom. The van der Waals surface area contributed by atoms with Gasteiger partial charge < -0.3 is 0 Å². The van der Waals surface area contributed by atoms with Crippen LogP contribution in [0.15, 0.2) is 59.7 Å². The number of aryl methyl sites for hydroxylation is 2. The van der Waals surface area contributed by atoms with Crippen LogP contribution in [-0.4, -0.2) is 11.6 Å². The van der Waals surface area contributed by atoms with E-state index in [-0.39, 0.29) is 5.91 Å². The molecular weight excluding hydrogens is 284 g/mol. The molecule has 1 N–H and O–H groups in total. The summed E-state index contributed by atoms with van der Waals surface area (Å²) in [5.74, 6) is -0.0594. The average molecular weight is 308 g/mol. The summed E-state index contributed by atoms with van der Waals surface area (Å²) in [5, 5.41) is 4.20. The van der Waals surface area contributed by atoms with Crippen molar-refractivity contribution in [2.24, 2.45) is 5.10 Å². The largest absolute Gasteiger partial charge is 0.273 e. The fourth-order valence-corrected chi connectivity index (χ4v) is 2.37. The molecule has 0 bridgehead atoms. The number of hydrazone groups is 1. The molecule has 0 radical (unpaired) electrons. The lowest BCUT2D eigenvalue weighted by Gasteiger charge is -2.05. The SMILES string of the molecule is CCCc1ccc(C(C)=NNC(=O)CCc2ccccc2)cc1. The topological polar surface area (TPSA) is 41.5 Å². The van der Waals surface area contributed by atoms with Crippen molar-refractivity contribution in [2.75, 3.05) is 0 Å². The van der Waals surface area contributed by atoms with Gasteiger partial charge in [0.05, 0.1) is 5.71 Å². The third-order valence-corrected chi connectivity index (χ3v) is 3.74. The number of hydrogen-bond acceptors (Lipinski definition) is 2. The highest BCUT2D eigenvalue weighted by Crippen LogP contribution is 2.08. The standard InChI is InChI=1S/C20H24N2O/c1-3-7-17-10-13-19(14-11-17)16(2)21-22-20(23)15-12-18-8-5-4-6-9-18/h4-6,8-11,13-14H,3,7,12,15H2,1-2H3,(H,22,23). The highest BCUT2D eigenvalue weighted by Gasteiger charge is 2.02. The number of amides is 1. The monoisotopic (exact) mass is 308 g/mol. The van der Waals surface area contributed by atoms with Crippen LogP contribution in [0.2, 0.25) is 0 Å². The molecule has 0 aliphatic carbocycles. The smallest absolute Gasteiger partial charge is 0.240 e. The summed E-state index contributed by atoms with van der Waals surface area (Å²) in [5.41, 5.74) is 6.99. The lowest BCUT2D eigenvalue weighted by Crippen LogP contribution is -2.19. The molecule has 0 aromatic heterocycles. The molecule has 2 rings (SSSR count). The summed E-state index contributed by atoms with van der Waals surface area (Å²) in [7, 11) is 0. The Kier molecular flexibility index (Phi) is 6.55. The van der Waals surface area contributed by atoms with Crippen LogP contribution in [0.1, 0.15) is 43.4 Å². The predicted molar refractivity (Wildman–Crippen MR) is 95.6 cm³/mol. The van der Waals surface area contributed by atoms with Crippen LogP contribution in [0.4, 0.5) is 0 Å². The van der Waals surface area contributed by atoms with Gasteiger partial charge >= 0.3 is 0 Å². The van der Waals surface area contributed by atoms with Crippen molar-refractivity contribution < 1.29 is 4.79 Å². The summed E-state index contributed by atoms with van der Waals surface area (Å²) >= 11 is 0.